The molecule has 0 aromatic rings. The Morgan fingerprint density at radius 3 is 1.86 bits per heavy atom. The van der Waals surface area contributed by atoms with E-state index in [1.165, 1.54) is 0 Å². The lowest BCUT2D eigenvalue weighted by atomic mass is 9.96. The van der Waals surface area contributed by atoms with Crippen molar-refractivity contribution in [2.24, 2.45) is 10.1 Å². The van der Waals surface area contributed by atoms with Gasteiger partial charge in [-0.3, -0.25) is 9.59 Å². The van der Waals surface area contributed by atoms with Crippen molar-refractivity contribution in [1.29, 1.82) is 0 Å². The smallest absolute Gasteiger partial charge is 0.375 e. The second kappa shape index (κ2) is 12.5. The van der Waals surface area contributed by atoms with Gasteiger partial charge in [0.25, 0.3) is 0 Å². The fourth-order valence-electron chi connectivity index (χ4n) is 6.05. The zero-order chi connectivity index (χ0) is 31.6. The number of hydrogen-bond acceptors (Lipinski definition) is 15. The predicted octanol–water partition coefficient (Wildman–Crippen LogP) is 0.926. The van der Waals surface area contributed by atoms with E-state index >= 15 is 0 Å². The molecule has 0 amide bonds. The molecule has 2 spiro atoms. The lowest BCUT2D eigenvalue weighted by Crippen LogP contribution is -2.61. The van der Waals surface area contributed by atoms with Crippen LogP contribution in [0, 0.1) is 0 Å². The first kappa shape index (κ1) is 31.9. The first-order chi connectivity index (χ1) is 21.1. The average Bonchev–Trinajstić information content (AvgIpc) is 3.86. The number of carbonyl (C=O) groups excluding carboxylic acids is 4. The number of esters is 4. The van der Waals surface area contributed by atoms with Crippen LogP contribution in [0.25, 0.3) is 0 Å². The SMILES string of the molecule is CCOC(=O)CC1(C(=O)OCC)CN2CCOC3(CC3)C2=N1.CCOC(=O)CC1(C(=O)OCC)ON=C2N1CCOC21CC1. The number of aliphatic imine (C=N–C) groups is 1. The molecule has 0 N–H and O–H groups in total. The zero-order valence-corrected chi connectivity index (χ0v) is 25.9. The van der Waals surface area contributed by atoms with Crippen LogP contribution >= 0.6 is 0 Å². The normalized spacial score (nSPS) is 27.9. The molecule has 2 unspecified atom stereocenters. The highest BCUT2D eigenvalue weighted by Gasteiger charge is 2.65. The van der Waals surface area contributed by atoms with Gasteiger partial charge < -0.3 is 43.1 Å². The van der Waals surface area contributed by atoms with Gasteiger partial charge in [0.05, 0.1) is 52.6 Å². The maximum absolute atomic E-state index is 12.5. The minimum Gasteiger partial charge on any atom is -0.466 e. The molecule has 15 nitrogen and oxygen atoms in total. The van der Waals surface area contributed by atoms with Crippen molar-refractivity contribution in [2.75, 3.05) is 59.3 Å². The van der Waals surface area contributed by atoms with Gasteiger partial charge in [0.15, 0.2) is 11.4 Å². The van der Waals surface area contributed by atoms with Crippen molar-refractivity contribution in [3.8, 4) is 0 Å². The molecule has 2 atom stereocenters. The molecule has 0 bridgehead atoms. The van der Waals surface area contributed by atoms with Crippen LogP contribution in [0.5, 0.6) is 0 Å². The molecule has 0 aromatic carbocycles. The summed E-state index contributed by atoms with van der Waals surface area (Å²) in [6.45, 7) is 10.4. The average molecular weight is 623 g/mol. The number of rotatable bonds is 10. The number of nitrogens with zero attached hydrogens (tertiary/aromatic N) is 4. The van der Waals surface area contributed by atoms with Gasteiger partial charge >= 0.3 is 29.6 Å². The fraction of sp³-hybridized carbons (Fsp3) is 0.793. The summed E-state index contributed by atoms with van der Waals surface area (Å²) in [4.78, 5) is 62.7. The summed E-state index contributed by atoms with van der Waals surface area (Å²) in [5, 5.41) is 4.05. The Hall–Kier alpha value is -3.46. The van der Waals surface area contributed by atoms with E-state index in [0.717, 1.165) is 31.5 Å². The number of carbonyl (C=O) groups is 4. The maximum atomic E-state index is 12.5. The number of fused-ring (bicyclic) bond motifs is 4. The van der Waals surface area contributed by atoms with Crippen LogP contribution in [0.2, 0.25) is 0 Å². The minimum atomic E-state index is -1.57. The molecule has 4 aliphatic heterocycles. The van der Waals surface area contributed by atoms with Crippen molar-refractivity contribution in [3.63, 3.8) is 0 Å². The number of hydrogen-bond donors (Lipinski definition) is 0. The summed E-state index contributed by atoms with van der Waals surface area (Å²) in [6, 6.07) is 0. The van der Waals surface area contributed by atoms with Gasteiger partial charge in [0.1, 0.15) is 23.5 Å². The highest BCUT2D eigenvalue weighted by molar-refractivity contribution is 6.01. The van der Waals surface area contributed by atoms with E-state index < -0.39 is 40.7 Å². The third-order valence-electron chi connectivity index (χ3n) is 8.38. The van der Waals surface area contributed by atoms with E-state index in [2.05, 4.69) is 15.0 Å². The number of morpholine rings is 2. The molecule has 4 heterocycles. The first-order valence-corrected chi connectivity index (χ1v) is 15.5. The summed E-state index contributed by atoms with van der Waals surface area (Å²) < 4.78 is 31.9. The van der Waals surface area contributed by atoms with E-state index in [9.17, 15) is 19.2 Å². The molecule has 6 rings (SSSR count). The summed E-state index contributed by atoms with van der Waals surface area (Å²) >= 11 is 0. The van der Waals surface area contributed by atoms with E-state index in [-0.39, 0.29) is 44.9 Å². The van der Waals surface area contributed by atoms with Crippen LogP contribution in [-0.4, -0.2) is 127 Å². The van der Waals surface area contributed by atoms with Gasteiger partial charge in [-0.15, -0.1) is 0 Å². The number of amidine groups is 2. The molecule has 0 radical (unpaired) electrons. The number of ether oxygens (including phenoxy) is 6. The van der Waals surface area contributed by atoms with E-state index in [4.69, 9.17) is 33.3 Å². The first-order valence-electron chi connectivity index (χ1n) is 15.5. The minimum absolute atomic E-state index is 0.0875. The third kappa shape index (κ3) is 5.83. The highest BCUT2D eigenvalue weighted by atomic mass is 16.7. The van der Waals surface area contributed by atoms with Crippen LogP contribution in [0.15, 0.2) is 10.1 Å². The van der Waals surface area contributed by atoms with Crippen LogP contribution in [0.4, 0.5) is 0 Å². The topological polar surface area (TPSA) is 164 Å². The molecule has 2 saturated heterocycles. The lowest BCUT2D eigenvalue weighted by Gasteiger charge is -2.39. The van der Waals surface area contributed by atoms with Gasteiger partial charge in [0.2, 0.25) is 0 Å². The summed E-state index contributed by atoms with van der Waals surface area (Å²) in [5.41, 5.74) is -3.56. The third-order valence-corrected chi connectivity index (χ3v) is 8.38. The van der Waals surface area contributed by atoms with Gasteiger partial charge in [-0.05, 0) is 53.4 Å². The molecule has 6 aliphatic rings. The zero-order valence-electron chi connectivity index (χ0n) is 25.9. The molecule has 44 heavy (non-hydrogen) atoms. The van der Waals surface area contributed by atoms with Gasteiger partial charge in [-0.1, -0.05) is 5.16 Å². The number of oxime groups is 1. The summed E-state index contributed by atoms with van der Waals surface area (Å²) in [7, 11) is 0. The molecular formula is C29H42N4O11. The van der Waals surface area contributed by atoms with Crippen molar-refractivity contribution < 1.29 is 52.4 Å². The Morgan fingerprint density at radius 2 is 1.27 bits per heavy atom. The van der Waals surface area contributed by atoms with E-state index in [1.54, 1.807) is 32.6 Å². The molecule has 2 saturated carbocycles. The largest absolute Gasteiger partial charge is 0.466 e. The second-order valence-corrected chi connectivity index (χ2v) is 11.4. The quantitative estimate of drug-likeness (QED) is 0.250. The molecule has 244 valence electrons. The highest BCUT2D eigenvalue weighted by Crippen LogP contribution is 2.49. The molecule has 2 aliphatic carbocycles. The fourth-order valence-corrected chi connectivity index (χ4v) is 6.05. The Kier molecular flexibility index (Phi) is 9.08. The standard InChI is InChI=1S/C15H22N2O5.C14H20N2O6/c1-3-20-11(18)9-14(13(19)21-4-2)10-17-7-8-22-15(5-6-15)12(17)16-14;1-3-19-10(17)9-14(12(18)20-4-2)16-7-8-21-13(5-6-13)11(16)15-22-14/h3-10H2,1-2H3;3-9H2,1-2H3. The molecule has 4 fully saturated rings. The van der Waals surface area contributed by atoms with Crippen LogP contribution < -0.4 is 0 Å². The maximum Gasteiger partial charge on any atom is 0.375 e. The molecule has 0 aromatic heterocycles. The predicted molar refractivity (Wildman–Crippen MR) is 151 cm³/mol. The Morgan fingerprint density at radius 1 is 0.727 bits per heavy atom. The molecular weight excluding hydrogens is 580 g/mol. The van der Waals surface area contributed by atoms with Crippen LogP contribution in [0.3, 0.4) is 0 Å². The summed E-state index contributed by atoms with van der Waals surface area (Å²) in [6.07, 6.45) is 3.16. The van der Waals surface area contributed by atoms with Crippen molar-refractivity contribution in [2.45, 2.75) is 88.7 Å². The Bertz CT molecular complexity index is 1210. The van der Waals surface area contributed by atoms with Crippen molar-refractivity contribution >= 4 is 35.5 Å². The van der Waals surface area contributed by atoms with Crippen LogP contribution in [0.1, 0.15) is 66.2 Å². The van der Waals surface area contributed by atoms with Gasteiger partial charge in [-0.2, -0.15) is 0 Å². The summed E-state index contributed by atoms with van der Waals surface area (Å²) in [5.74, 6) is -0.652. The van der Waals surface area contributed by atoms with Crippen molar-refractivity contribution in [1.82, 2.24) is 9.80 Å². The Balaban J connectivity index is 0.000000175. The second-order valence-electron chi connectivity index (χ2n) is 11.4. The Labute approximate surface area is 256 Å². The van der Waals surface area contributed by atoms with E-state index in [1.807, 2.05) is 0 Å². The van der Waals surface area contributed by atoms with Crippen LogP contribution in [-0.2, 0) is 52.4 Å². The molecule has 15 heteroatoms. The van der Waals surface area contributed by atoms with E-state index in [0.29, 0.717) is 38.7 Å². The van der Waals surface area contributed by atoms with Gasteiger partial charge in [0, 0.05) is 13.1 Å². The lowest BCUT2D eigenvalue weighted by molar-refractivity contribution is -0.195. The monoisotopic (exact) mass is 622 g/mol. The van der Waals surface area contributed by atoms with Gasteiger partial charge in [-0.25, -0.2) is 14.6 Å². The van der Waals surface area contributed by atoms with Crippen molar-refractivity contribution in [3.05, 3.63) is 0 Å².